The minimum Gasteiger partial charge on any atom is -0.375 e. The third-order valence-electron chi connectivity index (χ3n) is 6.12. The first-order chi connectivity index (χ1) is 12.7. The number of benzene rings is 1. The van der Waals surface area contributed by atoms with Crippen LogP contribution in [-0.4, -0.2) is 48.3 Å². The van der Waals surface area contributed by atoms with Crippen LogP contribution in [0.1, 0.15) is 48.9 Å². The fourth-order valence-corrected chi connectivity index (χ4v) is 5.10. The Hall–Kier alpha value is -1.85. The molecule has 2 atom stereocenters. The zero-order valence-electron chi connectivity index (χ0n) is 16.0. The molecule has 1 N–H and O–H groups in total. The monoisotopic (exact) mass is 355 g/mol. The molecular weight excluding hydrogens is 326 g/mol. The van der Waals surface area contributed by atoms with E-state index < -0.39 is 0 Å². The summed E-state index contributed by atoms with van der Waals surface area (Å²) in [5, 5.41) is 1.36. The van der Waals surface area contributed by atoms with Gasteiger partial charge in [0.25, 0.3) is 5.91 Å². The number of hydrogen-bond acceptors (Lipinski definition) is 3. The second kappa shape index (κ2) is 7.05. The van der Waals surface area contributed by atoms with Gasteiger partial charge in [-0.05, 0) is 62.9 Å². The fourth-order valence-electron chi connectivity index (χ4n) is 5.10. The van der Waals surface area contributed by atoms with Crippen LogP contribution in [0, 0.1) is 6.92 Å². The van der Waals surface area contributed by atoms with Gasteiger partial charge in [0, 0.05) is 30.1 Å². The van der Waals surface area contributed by atoms with Crippen LogP contribution in [0.5, 0.6) is 0 Å². The van der Waals surface area contributed by atoms with Gasteiger partial charge in [-0.1, -0.05) is 19.1 Å². The number of carbonyl (C=O) groups is 1. The molecule has 26 heavy (non-hydrogen) atoms. The van der Waals surface area contributed by atoms with Crippen molar-refractivity contribution in [2.45, 2.75) is 51.5 Å². The molecule has 140 valence electrons. The van der Waals surface area contributed by atoms with Crippen molar-refractivity contribution in [2.24, 2.45) is 0 Å². The first-order valence-electron chi connectivity index (χ1n) is 9.81. The van der Waals surface area contributed by atoms with E-state index in [0.717, 1.165) is 17.6 Å². The number of rotatable bonds is 5. The number of nitrogens with zero attached hydrogens (tertiary/aromatic N) is 2. The van der Waals surface area contributed by atoms with E-state index in [9.17, 15) is 4.79 Å². The minimum absolute atomic E-state index is 0.0731. The van der Waals surface area contributed by atoms with Crippen LogP contribution in [0.3, 0.4) is 0 Å². The van der Waals surface area contributed by atoms with Gasteiger partial charge in [0.15, 0.2) is 0 Å². The molecule has 0 saturated carbocycles. The number of methoxy groups -OCH3 is 1. The predicted octanol–water partition coefficient (Wildman–Crippen LogP) is 3.18. The summed E-state index contributed by atoms with van der Waals surface area (Å²) in [6.07, 6.45) is 4.82. The highest BCUT2D eigenvalue weighted by molar-refractivity contribution is 5.93. The topological polar surface area (TPSA) is 46.5 Å². The first-order valence-corrected chi connectivity index (χ1v) is 9.81. The number of fused-ring (bicyclic) bond motifs is 2. The Labute approximate surface area is 155 Å². The minimum atomic E-state index is -0.117. The van der Waals surface area contributed by atoms with Crippen molar-refractivity contribution in [2.75, 3.05) is 32.2 Å². The maximum atomic E-state index is 12.1. The highest BCUT2D eigenvalue weighted by Crippen LogP contribution is 2.45. The largest absolute Gasteiger partial charge is 0.375 e. The zero-order valence-corrected chi connectivity index (χ0v) is 16.0. The number of aromatic nitrogens is 1. The Kier molecular flexibility index (Phi) is 4.76. The molecule has 1 aromatic heterocycles. The summed E-state index contributed by atoms with van der Waals surface area (Å²) in [6, 6.07) is 7.15. The van der Waals surface area contributed by atoms with Crippen LogP contribution in [0.15, 0.2) is 18.2 Å². The standard InChI is InChI=1S/C21H29N3O2/c1-4-10-23-11-6-8-15-16-7-5-9-18-21(16)17(12-19(15)23)14(2)24(18)22-20(25)13-26-3/h5,7,9,15,19H,4,6,8,10-13H2,1-3H3,(H,22,25)/t15-,19-/m1/s1. The number of hydrogen-bond donors (Lipinski definition) is 1. The Bertz CT molecular complexity index is 824. The lowest BCUT2D eigenvalue weighted by molar-refractivity contribution is -0.120. The Morgan fingerprint density at radius 1 is 1.38 bits per heavy atom. The lowest BCUT2D eigenvalue weighted by Crippen LogP contribution is -2.47. The number of likely N-dealkylation sites (tertiary alicyclic amines) is 1. The van der Waals surface area contributed by atoms with Gasteiger partial charge in [-0.3, -0.25) is 19.8 Å². The molecule has 2 aromatic rings. The predicted molar refractivity (Wildman–Crippen MR) is 104 cm³/mol. The van der Waals surface area contributed by atoms with Crippen molar-refractivity contribution in [3.63, 3.8) is 0 Å². The molecule has 1 amide bonds. The summed E-state index contributed by atoms with van der Waals surface area (Å²) in [6.45, 7) is 6.86. The average molecular weight is 355 g/mol. The normalized spacial score (nSPS) is 22.4. The van der Waals surface area contributed by atoms with Crippen molar-refractivity contribution in [3.8, 4) is 0 Å². The quantitative estimate of drug-likeness (QED) is 0.896. The molecule has 0 spiro atoms. The lowest BCUT2D eigenvalue weighted by Gasteiger charge is -2.44. The summed E-state index contributed by atoms with van der Waals surface area (Å²) in [5.41, 5.74) is 8.16. The van der Waals surface area contributed by atoms with Crippen molar-refractivity contribution in [1.82, 2.24) is 9.58 Å². The second-order valence-electron chi connectivity index (χ2n) is 7.66. The van der Waals surface area contributed by atoms with Gasteiger partial charge in [0.1, 0.15) is 6.61 Å². The second-order valence-corrected chi connectivity index (χ2v) is 7.66. The van der Waals surface area contributed by atoms with Crippen molar-refractivity contribution in [3.05, 3.63) is 35.0 Å². The van der Waals surface area contributed by atoms with Crippen molar-refractivity contribution < 1.29 is 9.53 Å². The highest BCUT2D eigenvalue weighted by Gasteiger charge is 2.38. The number of piperidine rings is 1. The summed E-state index contributed by atoms with van der Waals surface area (Å²) in [4.78, 5) is 14.8. The zero-order chi connectivity index (χ0) is 18.3. The Balaban J connectivity index is 1.80. The Morgan fingerprint density at radius 2 is 2.23 bits per heavy atom. The first kappa shape index (κ1) is 17.6. The summed E-state index contributed by atoms with van der Waals surface area (Å²) in [5.74, 6) is 0.491. The van der Waals surface area contributed by atoms with E-state index >= 15 is 0 Å². The van der Waals surface area contributed by atoms with E-state index in [4.69, 9.17) is 4.74 Å². The lowest BCUT2D eigenvalue weighted by atomic mass is 9.74. The molecular formula is C21H29N3O2. The molecule has 1 fully saturated rings. The molecule has 0 radical (unpaired) electrons. The van der Waals surface area contributed by atoms with Crippen LogP contribution in [0.4, 0.5) is 0 Å². The summed E-state index contributed by atoms with van der Waals surface area (Å²) < 4.78 is 6.95. The van der Waals surface area contributed by atoms with E-state index in [1.807, 2.05) is 4.68 Å². The van der Waals surface area contributed by atoms with Crippen LogP contribution in [0.25, 0.3) is 10.9 Å². The van der Waals surface area contributed by atoms with Crippen LogP contribution < -0.4 is 5.43 Å². The van der Waals surface area contributed by atoms with Crippen molar-refractivity contribution >= 4 is 16.8 Å². The summed E-state index contributed by atoms with van der Waals surface area (Å²) in [7, 11) is 1.55. The molecule has 1 aliphatic heterocycles. The van der Waals surface area contributed by atoms with E-state index in [-0.39, 0.29) is 12.5 Å². The number of amides is 1. The van der Waals surface area contributed by atoms with E-state index in [1.165, 1.54) is 48.9 Å². The molecule has 2 aliphatic rings. The molecule has 0 unspecified atom stereocenters. The molecule has 5 nitrogen and oxygen atoms in total. The molecule has 4 rings (SSSR count). The van der Waals surface area contributed by atoms with E-state index in [0.29, 0.717) is 12.0 Å². The Morgan fingerprint density at radius 3 is 3.00 bits per heavy atom. The van der Waals surface area contributed by atoms with Gasteiger partial charge < -0.3 is 4.74 Å². The van der Waals surface area contributed by atoms with Gasteiger partial charge in [-0.2, -0.15) is 0 Å². The van der Waals surface area contributed by atoms with Gasteiger partial charge in [-0.25, -0.2) is 0 Å². The third kappa shape index (κ3) is 2.74. The maximum absolute atomic E-state index is 12.1. The molecule has 0 bridgehead atoms. The van der Waals surface area contributed by atoms with E-state index in [2.05, 4.69) is 42.4 Å². The summed E-state index contributed by atoms with van der Waals surface area (Å²) >= 11 is 0. The number of carbonyl (C=O) groups excluding carboxylic acids is 1. The van der Waals surface area contributed by atoms with Crippen LogP contribution in [0.2, 0.25) is 0 Å². The van der Waals surface area contributed by atoms with Crippen LogP contribution in [-0.2, 0) is 16.0 Å². The third-order valence-corrected chi connectivity index (χ3v) is 6.12. The van der Waals surface area contributed by atoms with Gasteiger partial charge in [0.05, 0.1) is 5.52 Å². The highest BCUT2D eigenvalue weighted by atomic mass is 16.5. The number of ether oxygens (including phenoxy) is 1. The van der Waals surface area contributed by atoms with Gasteiger partial charge in [-0.15, -0.1) is 0 Å². The molecule has 1 saturated heterocycles. The number of nitrogens with one attached hydrogen (secondary N) is 1. The smallest absolute Gasteiger partial charge is 0.264 e. The maximum Gasteiger partial charge on any atom is 0.264 e. The molecule has 1 aliphatic carbocycles. The molecule has 2 heterocycles. The van der Waals surface area contributed by atoms with Gasteiger partial charge in [0.2, 0.25) is 0 Å². The molecule has 1 aromatic carbocycles. The fraction of sp³-hybridized carbons (Fsp3) is 0.571. The molecule has 5 heteroatoms. The van der Waals surface area contributed by atoms with Crippen molar-refractivity contribution in [1.29, 1.82) is 0 Å². The van der Waals surface area contributed by atoms with E-state index in [1.54, 1.807) is 7.11 Å². The average Bonchev–Trinajstić information content (AvgIpc) is 2.90. The SMILES string of the molecule is CCCN1CCC[C@@H]2c3cccc4c3c(c(C)n4NC(=O)COC)C[C@H]21. The van der Waals surface area contributed by atoms with Gasteiger partial charge >= 0.3 is 0 Å². The van der Waals surface area contributed by atoms with Crippen LogP contribution >= 0.6 is 0 Å².